The lowest BCUT2D eigenvalue weighted by atomic mass is 9.96. The summed E-state index contributed by atoms with van der Waals surface area (Å²) in [5.41, 5.74) is 7.97. The number of carbonyl (C=O) groups is 1. The molecule has 0 radical (unpaired) electrons. The van der Waals surface area contributed by atoms with Gasteiger partial charge in [0.2, 0.25) is 5.91 Å². The van der Waals surface area contributed by atoms with E-state index in [9.17, 15) is 4.79 Å². The van der Waals surface area contributed by atoms with E-state index >= 15 is 0 Å². The average Bonchev–Trinajstić information content (AvgIpc) is 2.77. The van der Waals surface area contributed by atoms with E-state index in [4.69, 9.17) is 5.73 Å². The first-order valence-electron chi connectivity index (χ1n) is 7.01. The van der Waals surface area contributed by atoms with Gasteiger partial charge in [0.25, 0.3) is 0 Å². The van der Waals surface area contributed by atoms with Crippen LogP contribution in [0.4, 0.5) is 0 Å². The highest BCUT2D eigenvalue weighted by Gasteiger charge is 2.17. The SMILES string of the molecule is Cc1[nH]ncc1CCCNC(=O)C(CN)CC(C)C. The zero-order valence-electron chi connectivity index (χ0n) is 12.2. The number of aryl methyl sites for hydroxylation is 2. The second-order valence-electron chi connectivity index (χ2n) is 5.48. The number of nitrogens with two attached hydrogens (primary N) is 1. The Morgan fingerprint density at radius 2 is 2.26 bits per heavy atom. The predicted molar refractivity (Wildman–Crippen MR) is 76.7 cm³/mol. The van der Waals surface area contributed by atoms with Gasteiger partial charge in [0.05, 0.1) is 12.1 Å². The fourth-order valence-electron chi connectivity index (χ4n) is 2.14. The molecule has 1 aromatic heterocycles. The number of aromatic amines is 1. The summed E-state index contributed by atoms with van der Waals surface area (Å²) in [5.74, 6) is 0.517. The molecule has 0 aromatic carbocycles. The van der Waals surface area contributed by atoms with Crippen molar-refractivity contribution in [3.8, 4) is 0 Å². The molecule has 0 fully saturated rings. The number of rotatable bonds is 8. The normalized spacial score (nSPS) is 12.7. The molecule has 1 aromatic rings. The summed E-state index contributed by atoms with van der Waals surface area (Å²) in [5, 5.41) is 9.87. The van der Waals surface area contributed by atoms with Gasteiger partial charge < -0.3 is 11.1 Å². The zero-order valence-corrected chi connectivity index (χ0v) is 12.2. The van der Waals surface area contributed by atoms with Gasteiger partial charge >= 0.3 is 0 Å². The molecule has 1 unspecified atom stereocenters. The zero-order chi connectivity index (χ0) is 14.3. The second kappa shape index (κ2) is 7.94. The Balaban J connectivity index is 2.24. The van der Waals surface area contributed by atoms with Crippen molar-refractivity contribution in [2.75, 3.05) is 13.1 Å². The third kappa shape index (κ3) is 5.42. The summed E-state index contributed by atoms with van der Waals surface area (Å²) in [6.07, 6.45) is 4.55. The van der Waals surface area contributed by atoms with Crippen LogP contribution in [0, 0.1) is 18.8 Å². The summed E-state index contributed by atoms with van der Waals surface area (Å²) < 4.78 is 0. The van der Waals surface area contributed by atoms with Crippen LogP contribution in [0.3, 0.4) is 0 Å². The van der Waals surface area contributed by atoms with Gasteiger partial charge in [-0.15, -0.1) is 0 Å². The highest BCUT2D eigenvalue weighted by atomic mass is 16.1. The Bertz CT molecular complexity index is 387. The molecule has 0 bridgehead atoms. The van der Waals surface area contributed by atoms with Crippen LogP contribution in [0.15, 0.2) is 6.20 Å². The lowest BCUT2D eigenvalue weighted by molar-refractivity contribution is -0.125. The van der Waals surface area contributed by atoms with Crippen molar-refractivity contribution >= 4 is 5.91 Å². The molecule has 0 saturated carbocycles. The lowest BCUT2D eigenvalue weighted by Crippen LogP contribution is -2.36. The van der Waals surface area contributed by atoms with Crippen LogP contribution in [0.2, 0.25) is 0 Å². The third-order valence-corrected chi connectivity index (χ3v) is 3.27. The topological polar surface area (TPSA) is 83.8 Å². The summed E-state index contributed by atoms with van der Waals surface area (Å²) in [7, 11) is 0. The maximum atomic E-state index is 11.9. The van der Waals surface area contributed by atoms with Crippen LogP contribution >= 0.6 is 0 Å². The summed E-state index contributed by atoms with van der Waals surface area (Å²) in [6.45, 7) is 7.34. The van der Waals surface area contributed by atoms with Crippen LogP contribution in [0.1, 0.15) is 37.9 Å². The van der Waals surface area contributed by atoms with Gasteiger partial charge in [0.1, 0.15) is 0 Å². The van der Waals surface area contributed by atoms with Gasteiger partial charge in [0.15, 0.2) is 0 Å². The van der Waals surface area contributed by atoms with Crippen LogP contribution in [-0.2, 0) is 11.2 Å². The molecule has 1 heterocycles. The summed E-state index contributed by atoms with van der Waals surface area (Å²) in [4.78, 5) is 11.9. The quantitative estimate of drug-likeness (QED) is 0.622. The number of H-pyrrole nitrogens is 1. The highest BCUT2D eigenvalue weighted by molar-refractivity contribution is 5.78. The highest BCUT2D eigenvalue weighted by Crippen LogP contribution is 2.10. The minimum atomic E-state index is -0.0596. The first-order valence-corrected chi connectivity index (χ1v) is 7.01. The standard InChI is InChI=1S/C14H26N4O/c1-10(2)7-13(8-15)14(19)16-6-4-5-12-9-17-18-11(12)3/h9-10,13H,4-8,15H2,1-3H3,(H,16,19)(H,17,18). The van der Waals surface area contributed by atoms with E-state index in [1.165, 1.54) is 5.56 Å². The number of carbonyl (C=O) groups excluding carboxylic acids is 1. The molecule has 1 atom stereocenters. The van der Waals surface area contributed by atoms with E-state index in [2.05, 4.69) is 29.4 Å². The first-order chi connectivity index (χ1) is 9.04. The number of aromatic nitrogens is 2. The van der Waals surface area contributed by atoms with Crippen molar-refractivity contribution in [2.24, 2.45) is 17.6 Å². The molecule has 108 valence electrons. The molecule has 0 spiro atoms. The molecule has 1 amide bonds. The molecule has 4 N–H and O–H groups in total. The van der Waals surface area contributed by atoms with Crippen molar-refractivity contribution in [3.63, 3.8) is 0 Å². The molecule has 0 aliphatic rings. The van der Waals surface area contributed by atoms with Crippen molar-refractivity contribution < 1.29 is 4.79 Å². The molecule has 0 aliphatic heterocycles. The number of nitrogens with one attached hydrogen (secondary N) is 2. The second-order valence-corrected chi connectivity index (χ2v) is 5.48. The largest absolute Gasteiger partial charge is 0.356 e. The van der Waals surface area contributed by atoms with Gasteiger partial charge in [-0.05, 0) is 37.7 Å². The van der Waals surface area contributed by atoms with Gasteiger partial charge in [-0.25, -0.2) is 0 Å². The van der Waals surface area contributed by atoms with Gasteiger partial charge in [-0.3, -0.25) is 9.89 Å². The van der Waals surface area contributed by atoms with E-state index in [1.807, 2.05) is 13.1 Å². The molecule has 1 rings (SSSR count). The lowest BCUT2D eigenvalue weighted by Gasteiger charge is -2.16. The van der Waals surface area contributed by atoms with E-state index in [-0.39, 0.29) is 11.8 Å². The maximum absolute atomic E-state index is 11.9. The van der Waals surface area contributed by atoms with Gasteiger partial charge in [0, 0.05) is 18.8 Å². The molecule has 5 nitrogen and oxygen atoms in total. The van der Waals surface area contributed by atoms with E-state index in [1.54, 1.807) is 0 Å². The Labute approximate surface area is 115 Å². The van der Waals surface area contributed by atoms with Crippen molar-refractivity contribution in [1.82, 2.24) is 15.5 Å². The van der Waals surface area contributed by atoms with Crippen molar-refractivity contribution in [3.05, 3.63) is 17.5 Å². The number of amides is 1. The Morgan fingerprint density at radius 3 is 2.79 bits per heavy atom. The van der Waals surface area contributed by atoms with Crippen molar-refractivity contribution in [2.45, 2.75) is 40.0 Å². The van der Waals surface area contributed by atoms with E-state index in [0.717, 1.165) is 25.0 Å². The smallest absolute Gasteiger partial charge is 0.224 e. The fourth-order valence-corrected chi connectivity index (χ4v) is 2.14. The monoisotopic (exact) mass is 266 g/mol. The van der Waals surface area contributed by atoms with Crippen LogP contribution in [-0.4, -0.2) is 29.2 Å². The Hall–Kier alpha value is -1.36. The molecule has 0 saturated heterocycles. The number of hydrogen-bond donors (Lipinski definition) is 3. The predicted octanol–water partition coefficient (Wildman–Crippen LogP) is 1.39. The fraction of sp³-hybridized carbons (Fsp3) is 0.714. The van der Waals surface area contributed by atoms with Crippen LogP contribution in [0.5, 0.6) is 0 Å². The van der Waals surface area contributed by atoms with E-state index < -0.39 is 0 Å². The average molecular weight is 266 g/mol. The van der Waals surface area contributed by atoms with Crippen LogP contribution in [0.25, 0.3) is 0 Å². The minimum absolute atomic E-state index is 0.0596. The van der Waals surface area contributed by atoms with Gasteiger partial charge in [-0.1, -0.05) is 13.8 Å². The first kappa shape index (κ1) is 15.7. The maximum Gasteiger partial charge on any atom is 0.224 e. The van der Waals surface area contributed by atoms with E-state index in [0.29, 0.717) is 19.0 Å². The Kier molecular flexibility index (Phi) is 6.56. The Morgan fingerprint density at radius 1 is 1.53 bits per heavy atom. The van der Waals surface area contributed by atoms with Gasteiger partial charge in [-0.2, -0.15) is 5.10 Å². The summed E-state index contributed by atoms with van der Waals surface area (Å²) in [6, 6.07) is 0. The molecular weight excluding hydrogens is 240 g/mol. The molecular formula is C14H26N4O. The molecule has 5 heteroatoms. The van der Waals surface area contributed by atoms with Crippen molar-refractivity contribution in [1.29, 1.82) is 0 Å². The number of hydrogen-bond acceptors (Lipinski definition) is 3. The summed E-state index contributed by atoms with van der Waals surface area (Å²) >= 11 is 0. The third-order valence-electron chi connectivity index (χ3n) is 3.27. The van der Waals surface area contributed by atoms with Crippen LogP contribution < -0.4 is 11.1 Å². The molecule has 0 aliphatic carbocycles. The molecule has 19 heavy (non-hydrogen) atoms. The minimum Gasteiger partial charge on any atom is -0.356 e. The number of nitrogens with zero attached hydrogens (tertiary/aromatic N) is 1.